The van der Waals surface area contributed by atoms with Gasteiger partial charge in [0.2, 0.25) is 6.34 Å². The zero-order valence-corrected chi connectivity index (χ0v) is 15.2. The number of quaternary nitrogens is 1. The molecular formula is C18H15F3N5OS+. The maximum atomic E-state index is 14.3. The van der Waals surface area contributed by atoms with Crippen molar-refractivity contribution in [2.45, 2.75) is 6.30 Å². The van der Waals surface area contributed by atoms with Gasteiger partial charge in [0, 0.05) is 5.56 Å². The third-order valence-corrected chi connectivity index (χ3v) is 5.60. The fourth-order valence-electron chi connectivity index (χ4n) is 3.22. The van der Waals surface area contributed by atoms with Crippen molar-refractivity contribution in [2.24, 2.45) is 4.99 Å². The molecule has 1 unspecified atom stereocenters. The molecule has 0 bridgehead atoms. The van der Waals surface area contributed by atoms with Gasteiger partial charge in [-0.15, -0.1) is 24.5 Å². The Balaban J connectivity index is 2.03. The molecule has 0 radical (unpaired) electrons. The van der Waals surface area contributed by atoms with Gasteiger partial charge in [-0.05, 0) is 6.07 Å². The minimum atomic E-state index is -4.70. The van der Waals surface area contributed by atoms with E-state index in [0.717, 1.165) is 17.7 Å². The van der Waals surface area contributed by atoms with Gasteiger partial charge < -0.3 is 10.8 Å². The third-order valence-electron chi connectivity index (χ3n) is 4.55. The minimum Gasteiger partial charge on any atom is -0.390 e. The molecule has 1 aliphatic heterocycles. The Morgan fingerprint density at radius 3 is 2.54 bits per heavy atom. The number of aromatic nitrogens is 2. The molecule has 3 aromatic rings. The second-order valence-corrected chi connectivity index (χ2v) is 7.21. The summed E-state index contributed by atoms with van der Waals surface area (Å²) in [6.45, 7) is -1.25. The molecule has 6 nitrogen and oxygen atoms in total. The molecule has 10 heteroatoms. The summed E-state index contributed by atoms with van der Waals surface area (Å²) in [5.74, 6) is 0.195. The first-order valence-electron chi connectivity index (χ1n) is 8.29. The zero-order valence-electron chi connectivity index (χ0n) is 14.4. The number of nitrogens with two attached hydrogens (primary N) is 1. The first-order chi connectivity index (χ1) is 13.4. The topological polar surface area (TPSA) is 84.4 Å². The highest BCUT2D eigenvalue weighted by Gasteiger charge is 2.61. The van der Waals surface area contributed by atoms with Gasteiger partial charge in [-0.25, -0.2) is 9.97 Å². The van der Waals surface area contributed by atoms with Crippen molar-refractivity contribution in [1.82, 2.24) is 9.97 Å². The van der Waals surface area contributed by atoms with Crippen LogP contribution in [0.5, 0.6) is 0 Å². The molecule has 1 aromatic carbocycles. The van der Waals surface area contributed by atoms with Crippen LogP contribution in [-0.4, -0.2) is 45.3 Å². The van der Waals surface area contributed by atoms with Crippen molar-refractivity contribution in [3.8, 4) is 0 Å². The second kappa shape index (κ2) is 6.66. The van der Waals surface area contributed by atoms with E-state index in [4.69, 9.17) is 5.73 Å². The van der Waals surface area contributed by atoms with Crippen molar-refractivity contribution in [3.63, 3.8) is 0 Å². The quantitative estimate of drug-likeness (QED) is 0.513. The lowest BCUT2D eigenvalue weighted by Gasteiger charge is -2.32. The SMILES string of the molecule is Nc1ncnc2sc(C3=C(c4ccccc4)N=C[N+]3(CCO)C(F)(F)F)cc12. The first-order valence-corrected chi connectivity index (χ1v) is 9.10. The smallest absolute Gasteiger partial charge is 0.390 e. The molecule has 3 heterocycles. The van der Waals surface area contributed by atoms with Gasteiger partial charge in [0.25, 0.3) is 0 Å². The molecule has 2 aromatic heterocycles. The highest BCUT2D eigenvalue weighted by Crippen LogP contribution is 2.49. The van der Waals surface area contributed by atoms with Crippen molar-refractivity contribution in [3.05, 3.63) is 53.2 Å². The van der Waals surface area contributed by atoms with E-state index in [1.165, 1.54) is 6.33 Å². The fraction of sp³-hybridized carbons (Fsp3) is 0.167. The van der Waals surface area contributed by atoms with Gasteiger partial charge in [0.15, 0.2) is 5.70 Å². The maximum absolute atomic E-state index is 14.3. The van der Waals surface area contributed by atoms with Crippen LogP contribution in [0.15, 0.2) is 47.7 Å². The van der Waals surface area contributed by atoms with Crippen molar-refractivity contribution < 1.29 is 22.8 Å². The Kier molecular flexibility index (Phi) is 4.41. The van der Waals surface area contributed by atoms with E-state index in [1.54, 1.807) is 36.4 Å². The van der Waals surface area contributed by atoms with E-state index in [9.17, 15) is 18.3 Å². The number of nitrogens with zero attached hydrogens (tertiary/aromatic N) is 4. The maximum Gasteiger partial charge on any atom is 0.571 e. The number of thiophene rings is 1. The number of alkyl halides is 3. The number of aliphatic imine (C=N–C) groups is 1. The van der Waals surface area contributed by atoms with Crippen LogP contribution in [0.2, 0.25) is 0 Å². The molecule has 0 aliphatic carbocycles. The lowest BCUT2D eigenvalue weighted by molar-refractivity contribution is -0.890. The monoisotopic (exact) mass is 406 g/mol. The number of nitrogen functional groups attached to an aromatic ring is 1. The van der Waals surface area contributed by atoms with E-state index >= 15 is 0 Å². The number of fused-ring (bicyclic) bond motifs is 1. The number of benzene rings is 1. The number of hydrogen-bond acceptors (Lipinski definition) is 6. The van der Waals surface area contributed by atoms with E-state index < -0.39 is 23.9 Å². The highest BCUT2D eigenvalue weighted by molar-refractivity contribution is 7.19. The number of halogens is 3. The predicted octanol–water partition coefficient (Wildman–Crippen LogP) is 3.47. The summed E-state index contributed by atoms with van der Waals surface area (Å²) in [4.78, 5) is 13.0. The number of aliphatic hydroxyl groups excluding tert-OH is 1. The summed E-state index contributed by atoms with van der Waals surface area (Å²) in [7, 11) is 0. The molecule has 1 aliphatic rings. The van der Waals surface area contributed by atoms with Gasteiger partial charge in [0.05, 0.1) is 16.9 Å². The van der Waals surface area contributed by atoms with E-state index in [1.807, 2.05) is 0 Å². The van der Waals surface area contributed by atoms with Crippen LogP contribution in [0.4, 0.5) is 19.0 Å². The molecule has 3 N–H and O–H groups in total. The predicted molar refractivity (Wildman–Crippen MR) is 102 cm³/mol. The summed E-state index contributed by atoms with van der Waals surface area (Å²) < 4.78 is 41.2. The summed E-state index contributed by atoms with van der Waals surface area (Å²) in [6.07, 6.45) is -2.59. The molecule has 28 heavy (non-hydrogen) atoms. The van der Waals surface area contributed by atoms with Crippen LogP contribution < -0.4 is 5.73 Å². The molecule has 0 amide bonds. The van der Waals surface area contributed by atoms with E-state index in [-0.39, 0.29) is 17.2 Å². The Labute approximate surface area is 161 Å². The summed E-state index contributed by atoms with van der Waals surface area (Å²) in [5, 5.41) is 9.91. The van der Waals surface area contributed by atoms with E-state index in [0.29, 0.717) is 20.7 Å². The molecule has 1 atom stereocenters. The summed E-state index contributed by atoms with van der Waals surface area (Å²) >= 11 is 1.09. The molecule has 0 spiro atoms. The molecule has 144 valence electrons. The van der Waals surface area contributed by atoms with Crippen molar-refractivity contribution >= 4 is 45.1 Å². The van der Waals surface area contributed by atoms with Crippen LogP contribution in [0.3, 0.4) is 0 Å². The average molecular weight is 406 g/mol. The Hall–Kier alpha value is -2.82. The first kappa shape index (κ1) is 18.5. The summed E-state index contributed by atoms with van der Waals surface area (Å²) in [5.41, 5.74) is 6.55. The van der Waals surface area contributed by atoms with Gasteiger partial charge in [-0.1, -0.05) is 30.3 Å². The molecule has 4 rings (SSSR count). The molecule has 0 saturated carbocycles. The Bertz CT molecular complexity index is 1090. The molecular weight excluding hydrogens is 391 g/mol. The van der Waals surface area contributed by atoms with Crippen LogP contribution in [-0.2, 0) is 0 Å². The number of hydrogen-bond donors (Lipinski definition) is 2. The summed E-state index contributed by atoms with van der Waals surface area (Å²) in [6, 6.07) is 10.2. The lowest BCUT2D eigenvalue weighted by atomic mass is 10.1. The van der Waals surface area contributed by atoms with Crippen LogP contribution in [0.25, 0.3) is 21.6 Å². The van der Waals surface area contributed by atoms with Gasteiger partial charge in [-0.2, -0.15) is 9.48 Å². The Morgan fingerprint density at radius 1 is 1.14 bits per heavy atom. The Morgan fingerprint density at radius 2 is 1.89 bits per heavy atom. The third kappa shape index (κ3) is 2.77. The van der Waals surface area contributed by atoms with Crippen molar-refractivity contribution in [2.75, 3.05) is 18.9 Å². The van der Waals surface area contributed by atoms with Crippen LogP contribution in [0.1, 0.15) is 10.4 Å². The number of anilines is 1. The molecule has 0 saturated heterocycles. The van der Waals surface area contributed by atoms with Crippen LogP contribution >= 0.6 is 11.3 Å². The lowest BCUT2D eigenvalue weighted by Crippen LogP contribution is -2.55. The van der Waals surface area contributed by atoms with Crippen molar-refractivity contribution in [1.29, 1.82) is 0 Å². The van der Waals surface area contributed by atoms with Gasteiger partial charge in [-0.3, -0.25) is 0 Å². The highest BCUT2D eigenvalue weighted by atomic mass is 32.1. The number of aliphatic hydroxyl groups is 1. The van der Waals surface area contributed by atoms with E-state index in [2.05, 4.69) is 15.0 Å². The minimum absolute atomic E-state index is 0.0600. The zero-order chi connectivity index (χ0) is 19.9. The van der Waals surface area contributed by atoms with Gasteiger partial charge >= 0.3 is 6.30 Å². The normalized spacial score (nSPS) is 19.7. The van der Waals surface area contributed by atoms with Crippen LogP contribution in [0, 0.1) is 0 Å². The largest absolute Gasteiger partial charge is 0.571 e. The second-order valence-electron chi connectivity index (χ2n) is 6.18. The number of rotatable bonds is 4. The molecule has 0 fully saturated rings. The standard InChI is InChI=1S/C18H15F3N5OS/c19-18(20,21)26(6-7-27)10-25-14(11-4-2-1-3-5-11)15(26)13-8-12-16(22)23-9-24-17(12)28-13/h1-5,8-10,27H,6-7H2,(H2,22,23,24)/q+1. The van der Waals surface area contributed by atoms with Gasteiger partial charge in [0.1, 0.15) is 29.2 Å². The average Bonchev–Trinajstić information content (AvgIpc) is 3.25. The fourth-order valence-corrected chi connectivity index (χ4v) is 4.34.